The number of nitrogens with one attached hydrogen (secondary N) is 2. The lowest BCUT2D eigenvalue weighted by molar-refractivity contribution is -0.153. The fourth-order valence-corrected chi connectivity index (χ4v) is 3.96. The van der Waals surface area contributed by atoms with Crippen molar-refractivity contribution in [2.24, 2.45) is 0 Å². The third-order valence-electron chi connectivity index (χ3n) is 5.54. The monoisotopic (exact) mass is 527 g/mol. The van der Waals surface area contributed by atoms with Crippen LogP contribution in [0.25, 0.3) is 11.1 Å². The fraction of sp³-hybridized carbons (Fsp3) is 0.308. The van der Waals surface area contributed by atoms with Crippen molar-refractivity contribution in [3.8, 4) is 11.1 Å². The van der Waals surface area contributed by atoms with Crippen molar-refractivity contribution in [3.05, 3.63) is 77.6 Å². The van der Waals surface area contributed by atoms with E-state index >= 15 is 0 Å². The van der Waals surface area contributed by atoms with Crippen LogP contribution in [0.1, 0.15) is 39.9 Å². The van der Waals surface area contributed by atoms with Crippen LogP contribution >= 0.6 is 0 Å². The van der Waals surface area contributed by atoms with Gasteiger partial charge >= 0.3 is 5.97 Å². The average molecular weight is 528 g/mol. The van der Waals surface area contributed by atoms with Crippen LogP contribution < -0.4 is 5.32 Å². The number of ether oxygens (including phenoxy) is 1. The van der Waals surface area contributed by atoms with Gasteiger partial charge in [-0.1, -0.05) is 54.6 Å². The second kappa shape index (κ2) is 12.4. The molecular formula is C26H29N3O7S. The van der Waals surface area contributed by atoms with Crippen molar-refractivity contribution in [2.45, 2.75) is 31.9 Å². The molecule has 3 rings (SSSR count). The highest BCUT2D eigenvalue weighted by Gasteiger charge is 2.25. The molecule has 0 bridgehead atoms. The first-order chi connectivity index (χ1) is 17.5. The molecule has 0 saturated carbocycles. The van der Waals surface area contributed by atoms with E-state index in [1.54, 1.807) is 0 Å². The van der Waals surface area contributed by atoms with Gasteiger partial charge < -0.3 is 15.2 Å². The molecule has 0 aliphatic carbocycles. The lowest BCUT2D eigenvalue weighted by Gasteiger charge is -2.21. The number of amides is 1. The lowest BCUT2D eigenvalue weighted by atomic mass is 9.97. The van der Waals surface area contributed by atoms with Crippen LogP contribution in [0.5, 0.6) is 0 Å². The SMILES string of the molecule is CC(=O)c1cc(C(=O)N[C@H](Cc2ccc(-c3ccccc3)cc2)C[C@@H](O)C(=O)OCCS(C)(=O)=O)[nH]n1. The maximum atomic E-state index is 12.8. The van der Waals surface area contributed by atoms with E-state index in [1.165, 1.54) is 13.0 Å². The zero-order chi connectivity index (χ0) is 27.0. The van der Waals surface area contributed by atoms with E-state index < -0.39 is 33.9 Å². The molecule has 0 unspecified atom stereocenters. The Morgan fingerprint density at radius 2 is 1.70 bits per heavy atom. The average Bonchev–Trinajstić information content (AvgIpc) is 3.35. The van der Waals surface area contributed by atoms with Crippen LogP contribution in [0.4, 0.5) is 0 Å². The zero-order valence-corrected chi connectivity index (χ0v) is 21.3. The van der Waals surface area contributed by atoms with Crippen molar-refractivity contribution in [1.82, 2.24) is 15.5 Å². The molecule has 11 heteroatoms. The molecule has 0 saturated heterocycles. The van der Waals surface area contributed by atoms with Crippen molar-refractivity contribution in [2.75, 3.05) is 18.6 Å². The van der Waals surface area contributed by atoms with E-state index in [9.17, 15) is 27.9 Å². The van der Waals surface area contributed by atoms with Crippen LogP contribution in [0.3, 0.4) is 0 Å². The summed E-state index contributed by atoms with van der Waals surface area (Å²) in [5.41, 5.74) is 3.06. The molecule has 37 heavy (non-hydrogen) atoms. The summed E-state index contributed by atoms with van der Waals surface area (Å²) in [4.78, 5) is 36.5. The van der Waals surface area contributed by atoms with Gasteiger partial charge in [0, 0.05) is 25.6 Å². The number of nitrogens with zero attached hydrogens (tertiary/aromatic N) is 1. The van der Waals surface area contributed by atoms with Gasteiger partial charge in [-0.3, -0.25) is 14.7 Å². The van der Waals surface area contributed by atoms with Gasteiger partial charge in [0.1, 0.15) is 18.0 Å². The molecule has 0 fully saturated rings. The number of aliphatic hydroxyl groups is 1. The summed E-state index contributed by atoms with van der Waals surface area (Å²) >= 11 is 0. The van der Waals surface area contributed by atoms with Gasteiger partial charge in [-0.25, -0.2) is 13.2 Å². The topological polar surface area (TPSA) is 156 Å². The lowest BCUT2D eigenvalue weighted by Crippen LogP contribution is -2.41. The number of esters is 1. The van der Waals surface area contributed by atoms with Crippen molar-refractivity contribution in [1.29, 1.82) is 0 Å². The molecule has 1 aromatic heterocycles. The molecule has 1 amide bonds. The summed E-state index contributed by atoms with van der Waals surface area (Å²) in [6.45, 7) is 0.945. The van der Waals surface area contributed by atoms with E-state index in [1.807, 2.05) is 54.6 Å². The van der Waals surface area contributed by atoms with E-state index in [-0.39, 0.29) is 42.4 Å². The van der Waals surface area contributed by atoms with E-state index in [2.05, 4.69) is 15.5 Å². The Bertz CT molecular complexity index is 1340. The van der Waals surface area contributed by atoms with Crippen LogP contribution in [0.2, 0.25) is 0 Å². The number of carbonyl (C=O) groups is 3. The maximum absolute atomic E-state index is 12.8. The largest absolute Gasteiger partial charge is 0.463 e. The molecule has 1 heterocycles. The van der Waals surface area contributed by atoms with Gasteiger partial charge in [0.05, 0.1) is 5.75 Å². The Hall–Kier alpha value is -3.83. The first kappa shape index (κ1) is 27.8. The van der Waals surface area contributed by atoms with E-state index in [0.29, 0.717) is 0 Å². The smallest absolute Gasteiger partial charge is 0.335 e. The number of Topliss-reactive ketones (excluding diaryl/α,β-unsaturated/α-hetero) is 1. The minimum atomic E-state index is -3.33. The maximum Gasteiger partial charge on any atom is 0.335 e. The Morgan fingerprint density at radius 1 is 1.05 bits per heavy atom. The number of aliphatic hydroxyl groups excluding tert-OH is 1. The Labute approximate surface area is 215 Å². The Kier molecular flexibility index (Phi) is 9.31. The number of hydrogen-bond donors (Lipinski definition) is 3. The van der Waals surface area contributed by atoms with Crippen molar-refractivity contribution < 1.29 is 32.6 Å². The second-order valence-corrected chi connectivity index (χ2v) is 11.0. The summed E-state index contributed by atoms with van der Waals surface area (Å²) in [5.74, 6) is -2.22. The normalized spacial score (nSPS) is 12.9. The number of aromatic nitrogens is 2. The van der Waals surface area contributed by atoms with E-state index in [4.69, 9.17) is 4.74 Å². The third kappa shape index (κ3) is 8.65. The minimum Gasteiger partial charge on any atom is -0.463 e. The van der Waals surface area contributed by atoms with Crippen LogP contribution in [-0.2, 0) is 25.8 Å². The molecule has 2 aromatic carbocycles. The van der Waals surface area contributed by atoms with Gasteiger partial charge in [-0.2, -0.15) is 5.10 Å². The summed E-state index contributed by atoms with van der Waals surface area (Å²) in [6.07, 6.45) is -0.485. The van der Waals surface area contributed by atoms with Crippen LogP contribution in [-0.4, -0.2) is 72.1 Å². The molecular weight excluding hydrogens is 498 g/mol. The highest BCUT2D eigenvalue weighted by molar-refractivity contribution is 7.90. The fourth-order valence-electron chi connectivity index (χ4n) is 3.58. The second-order valence-electron chi connectivity index (χ2n) is 8.71. The van der Waals surface area contributed by atoms with Crippen LogP contribution in [0.15, 0.2) is 60.7 Å². The van der Waals surface area contributed by atoms with Gasteiger partial charge in [0.25, 0.3) is 5.91 Å². The highest BCUT2D eigenvalue weighted by atomic mass is 32.2. The van der Waals surface area contributed by atoms with Crippen molar-refractivity contribution >= 4 is 27.5 Å². The van der Waals surface area contributed by atoms with Gasteiger partial charge in [0.15, 0.2) is 21.7 Å². The summed E-state index contributed by atoms with van der Waals surface area (Å²) < 4.78 is 27.4. The molecule has 3 N–H and O–H groups in total. The number of hydrogen-bond acceptors (Lipinski definition) is 8. The minimum absolute atomic E-state index is 0.0554. The standard InChI is InChI=1S/C26H29N3O7S/c1-17(30)22-16-23(29-28-22)25(32)27-21(15-24(31)26(33)36-12-13-37(2,34)35)14-18-8-10-20(11-9-18)19-6-4-3-5-7-19/h3-11,16,21,24,31H,12-15H2,1-2H3,(H,27,32)(H,28,29)/t21-,24-/m1/s1. The van der Waals surface area contributed by atoms with Crippen LogP contribution in [0, 0.1) is 0 Å². The molecule has 196 valence electrons. The molecule has 3 aromatic rings. The number of sulfone groups is 1. The number of carbonyl (C=O) groups excluding carboxylic acids is 3. The zero-order valence-electron chi connectivity index (χ0n) is 20.5. The van der Waals surface area contributed by atoms with Gasteiger partial charge in [0.2, 0.25) is 0 Å². The molecule has 0 radical (unpaired) electrons. The molecule has 0 spiro atoms. The Balaban J connectivity index is 1.72. The first-order valence-corrected chi connectivity index (χ1v) is 13.6. The highest BCUT2D eigenvalue weighted by Crippen LogP contribution is 2.20. The molecule has 0 aliphatic rings. The number of ketones is 1. The predicted molar refractivity (Wildman–Crippen MR) is 137 cm³/mol. The molecule has 2 atom stereocenters. The number of H-pyrrole nitrogens is 1. The first-order valence-electron chi connectivity index (χ1n) is 11.6. The summed E-state index contributed by atoms with van der Waals surface area (Å²) in [6, 6.07) is 18.1. The number of aromatic amines is 1. The van der Waals surface area contributed by atoms with Crippen molar-refractivity contribution in [3.63, 3.8) is 0 Å². The quantitative estimate of drug-likeness (QED) is 0.238. The molecule has 0 aliphatic heterocycles. The van der Waals surface area contributed by atoms with E-state index in [0.717, 1.165) is 22.9 Å². The third-order valence-corrected chi connectivity index (χ3v) is 6.45. The number of benzene rings is 2. The Morgan fingerprint density at radius 3 is 2.30 bits per heavy atom. The predicted octanol–water partition coefficient (Wildman–Crippen LogP) is 1.96. The summed E-state index contributed by atoms with van der Waals surface area (Å²) in [7, 11) is -3.33. The molecule has 10 nitrogen and oxygen atoms in total. The van der Waals surface area contributed by atoms with Gasteiger partial charge in [-0.05, 0) is 29.2 Å². The summed E-state index contributed by atoms with van der Waals surface area (Å²) in [5, 5.41) is 19.5. The van der Waals surface area contributed by atoms with Gasteiger partial charge in [-0.15, -0.1) is 0 Å². The number of rotatable bonds is 12.